The van der Waals surface area contributed by atoms with Crippen molar-refractivity contribution in [3.63, 3.8) is 0 Å². The summed E-state index contributed by atoms with van der Waals surface area (Å²) in [7, 11) is 0. The Balaban J connectivity index is 1.42. The summed E-state index contributed by atoms with van der Waals surface area (Å²) in [6, 6.07) is 6.25. The monoisotopic (exact) mass is 596 g/mol. The van der Waals surface area contributed by atoms with Crippen LogP contribution < -0.4 is 9.47 Å². The molecule has 5 rings (SSSR count). The Kier molecular flexibility index (Phi) is 8.48. The van der Waals surface area contributed by atoms with Gasteiger partial charge >= 0.3 is 0 Å². The van der Waals surface area contributed by atoms with E-state index in [1.54, 1.807) is 0 Å². The molecule has 0 spiro atoms. The van der Waals surface area contributed by atoms with E-state index in [0.717, 1.165) is 6.07 Å². The van der Waals surface area contributed by atoms with Crippen LogP contribution in [-0.4, -0.2) is 120 Å². The Hall–Kier alpha value is -3.25. The average molecular weight is 597 g/mol. The summed E-state index contributed by atoms with van der Waals surface area (Å²) < 4.78 is 28.4. The van der Waals surface area contributed by atoms with Gasteiger partial charge in [-0.25, -0.2) is 0 Å². The Morgan fingerprint density at radius 3 is 2.26 bits per heavy atom. The number of ketones is 1. The molecule has 9 N–H and O–H groups in total. The molecule has 0 aromatic heterocycles. The summed E-state index contributed by atoms with van der Waals surface area (Å²) in [5.74, 6) is -2.02. The molecule has 15 nitrogen and oxygen atoms in total. The van der Waals surface area contributed by atoms with Crippen molar-refractivity contribution in [1.29, 1.82) is 0 Å². The topological polar surface area (TPSA) is 245 Å². The van der Waals surface area contributed by atoms with Gasteiger partial charge in [0.05, 0.1) is 19.1 Å². The zero-order valence-corrected chi connectivity index (χ0v) is 22.1. The first kappa shape index (κ1) is 30.2. The third-order valence-electron chi connectivity index (χ3n) is 7.52. The van der Waals surface area contributed by atoms with E-state index in [-0.39, 0.29) is 29.2 Å². The molecular weight excluding hydrogens is 564 g/mol. The largest absolute Gasteiger partial charge is 0.507 e. The number of carbonyl (C=O) groups excluding carboxylic acids is 1. The summed E-state index contributed by atoms with van der Waals surface area (Å²) in [6.07, 6.45) is -16.5. The van der Waals surface area contributed by atoms with Gasteiger partial charge in [0, 0.05) is 12.1 Å². The highest BCUT2D eigenvalue weighted by Crippen LogP contribution is 2.43. The normalized spacial score (nSPS) is 36.6. The molecule has 11 atom stereocenters. The van der Waals surface area contributed by atoms with Crippen molar-refractivity contribution < 1.29 is 74.4 Å². The molecule has 3 aliphatic rings. The molecule has 15 heteroatoms. The van der Waals surface area contributed by atoms with Crippen LogP contribution in [0.1, 0.15) is 35.4 Å². The molecule has 2 aromatic carbocycles. The molecule has 42 heavy (non-hydrogen) atoms. The summed E-state index contributed by atoms with van der Waals surface area (Å²) in [4.78, 5) is 12.9. The fourth-order valence-corrected chi connectivity index (χ4v) is 5.12. The highest BCUT2D eigenvalue weighted by atomic mass is 16.8. The number of aromatic hydroxyl groups is 3. The van der Waals surface area contributed by atoms with Crippen LogP contribution in [0.5, 0.6) is 28.7 Å². The first-order valence-electron chi connectivity index (χ1n) is 13.1. The van der Waals surface area contributed by atoms with Crippen LogP contribution in [0.4, 0.5) is 0 Å². The van der Waals surface area contributed by atoms with E-state index in [9.17, 15) is 50.8 Å². The maximum atomic E-state index is 12.9. The molecule has 0 bridgehead atoms. The number of carbonyl (C=O) groups is 1. The maximum absolute atomic E-state index is 12.9. The molecule has 230 valence electrons. The van der Waals surface area contributed by atoms with Gasteiger partial charge in [-0.3, -0.25) is 4.79 Å². The van der Waals surface area contributed by atoms with Crippen LogP contribution in [0.3, 0.4) is 0 Å². The molecule has 0 amide bonds. The Bertz CT molecular complexity index is 1300. The maximum Gasteiger partial charge on any atom is 0.229 e. The molecular formula is C27H32O15. The van der Waals surface area contributed by atoms with Gasteiger partial charge in [-0.1, -0.05) is 6.07 Å². The molecule has 2 aromatic rings. The van der Waals surface area contributed by atoms with Crippen LogP contribution in [0.25, 0.3) is 0 Å². The number of hydrogen-bond donors (Lipinski definition) is 9. The summed E-state index contributed by atoms with van der Waals surface area (Å²) in [5.41, 5.74) is 0.234. The standard InChI is InChI=1S/C27H32O15/c1-9-20(33)22(35)24(37)26(38-9)42-25-23(36)21(34)18(8-28)41-27(25)39-11-5-14(31)19-15(32)7-16(40-17(19)6-11)10-2-3-12(29)13(30)4-10/h2-6,9,16,18,20-31,33-37H,7-8H2,1H3/t9-,16-,18+,20-,21+,22-,23+,24-,25-,26-,27+/m0/s1. The van der Waals surface area contributed by atoms with E-state index in [1.807, 2.05) is 0 Å². The second kappa shape index (κ2) is 11.8. The molecule has 0 radical (unpaired) electrons. The van der Waals surface area contributed by atoms with Crippen LogP contribution in [0.15, 0.2) is 30.3 Å². The van der Waals surface area contributed by atoms with Crippen LogP contribution in [0, 0.1) is 0 Å². The third-order valence-corrected chi connectivity index (χ3v) is 7.52. The number of Topliss-reactive ketones (excluding diaryl/α,β-unsaturated/α-hetero) is 1. The van der Waals surface area contributed by atoms with Gasteiger partial charge in [-0.15, -0.1) is 0 Å². The van der Waals surface area contributed by atoms with Crippen molar-refractivity contribution in [1.82, 2.24) is 0 Å². The van der Waals surface area contributed by atoms with Crippen molar-refractivity contribution in [3.8, 4) is 28.7 Å². The number of fused-ring (bicyclic) bond motifs is 1. The van der Waals surface area contributed by atoms with Crippen LogP contribution in [0.2, 0.25) is 0 Å². The van der Waals surface area contributed by atoms with Gasteiger partial charge in [0.15, 0.2) is 29.7 Å². The van der Waals surface area contributed by atoms with E-state index >= 15 is 0 Å². The van der Waals surface area contributed by atoms with Crippen molar-refractivity contribution >= 4 is 5.78 Å². The number of phenolic OH excluding ortho intramolecular Hbond substituents is 3. The van der Waals surface area contributed by atoms with Gasteiger partial charge in [0.1, 0.15) is 65.5 Å². The highest BCUT2D eigenvalue weighted by molar-refractivity contribution is 6.02. The SMILES string of the molecule is C[C@@H]1O[C@@H](O[C@@H]2[C@H](Oc3cc(O)c4c(c3)O[C@H](c3ccc(O)c(O)c3)CC4=O)O[C@H](CO)[C@@H](O)[C@H]2O)[C@@H](O)[C@@H](O)[C@H]1O. The number of aliphatic hydroxyl groups excluding tert-OH is 6. The number of ether oxygens (including phenoxy) is 5. The Morgan fingerprint density at radius 1 is 0.833 bits per heavy atom. The van der Waals surface area contributed by atoms with Crippen molar-refractivity contribution in [2.45, 2.75) is 80.9 Å². The smallest absolute Gasteiger partial charge is 0.229 e. The van der Waals surface area contributed by atoms with Crippen molar-refractivity contribution in [2.24, 2.45) is 0 Å². The molecule has 2 saturated heterocycles. The molecule has 3 aliphatic heterocycles. The zero-order chi connectivity index (χ0) is 30.5. The number of benzene rings is 2. The fourth-order valence-electron chi connectivity index (χ4n) is 5.12. The van der Waals surface area contributed by atoms with Gasteiger partial charge in [-0.2, -0.15) is 0 Å². The van der Waals surface area contributed by atoms with Gasteiger partial charge in [-0.05, 0) is 24.6 Å². The lowest BCUT2D eigenvalue weighted by molar-refractivity contribution is -0.354. The predicted molar refractivity (Wildman–Crippen MR) is 136 cm³/mol. The quantitative estimate of drug-likeness (QED) is 0.173. The number of rotatable bonds is 6. The predicted octanol–water partition coefficient (Wildman–Crippen LogP) is -1.46. The van der Waals surface area contributed by atoms with E-state index in [1.165, 1.54) is 31.2 Å². The lowest BCUT2D eigenvalue weighted by Crippen LogP contribution is -2.64. The van der Waals surface area contributed by atoms with Crippen LogP contribution in [-0.2, 0) is 14.2 Å². The minimum absolute atomic E-state index is 0.0941. The highest BCUT2D eigenvalue weighted by Gasteiger charge is 2.51. The van der Waals surface area contributed by atoms with Crippen molar-refractivity contribution in [2.75, 3.05) is 6.61 Å². The lowest BCUT2D eigenvalue weighted by atomic mass is 9.95. The van der Waals surface area contributed by atoms with Gasteiger partial charge < -0.3 is 69.6 Å². The molecule has 0 aliphatic carbocycles. The number of phenols is 3. The second-order valence-electron chi connectivity index (χ2n) is 10.4. The fraction of sp³-hybridized carbons (Fsp3) is 0.519. The third kappa shape index (κ3) is 5.58. The zero-order valence-electron chi connectivity index (χ0n) is 22.1. The molecule has 0 unspecified atom stereocenters. The summed E-state index contributed by atoms with van der Waals surface area (Å²) in [5, 5.41) is 91.6. The Labute approximate surface area is 238 Å². The first-order valence-corrected chi connectivity index (χ1v) is 13.1. The molecule has 0 saturated carbocycles. The van der Waals surface area contributed by atoms with Crippen molar-refractivity contribution in [3.05, 3.63) is 41.5 Å². The van der Waals surface area contributed by atoms with E-state index in [0.29, 0.717) is 5.56 Å². The van der Waals surface area contributed by atoms with Crippen LogP contribution >= 0.6 is 0 Å². The van der Waals surface area contributed by atoms with E-state index in [4.69, 9.17) is 23.7 Å². The van der Waals surface area contributed by atoms with E-state index in [2.05, 4.69) is 0 Å². The number of aliphatic hydroxyl groups is 6. The minimum Gasteiger partial charge on any atom is -0.507 e. The second-order valence-corrected chi connectivity index (χ2v) is 10.4. The summed E-state index contributed by atoms with van der Waals surface area (Å²) in [6.45, 7) is 0.683. The Morgan fingerprint density at radius 2 is 1.57 bits per heavy atom. The first-order chi connectivity index (χ1) is 19.9. The number of hydrogen-bond acceptors (Lipinski definition) is 15. The molecule has 2 fully saturated rings. The molecule has 3 heterocycles. The summed E-state index contributed by atoms with van der Waals surface area (Å²) >= 11 is 0. The van der Waals surface area contributed by atoms with Gasteiger partial charge in [0.25, 0.3) is 0 Å². The van der Waals surface area contributed by atoms with E-state index < -0.39 is 91.4 Å². The lowest BCUT2D eigenvalue weighted by Gasteiger charge is -2.45. The van der Waals surface area contributed by atoms with Gasteiger partial charge in [0.2, 0.25) is 6.29 Å². The average Bonchev–Trinajstić information content (AvgIpc) is 2.95. The minimum atomic E-state index is -1.77.